The molecule has 188 valence electrons. The van der Waals surface area contributed by atoms with Crippen molar-refractivity contribution < 1.29 is 9.18 Å². The predicted octanol–water partition coefficient (Wildman–Crippen LogP) is 6.24. The standard InChI is InChI=1S/C30H28ClFN4O/c1-3-9-19-10-5-6-11-20(19)23-17-34-30(36-15-14-33-26(18-36)27(37)4-2)22-16-24(31)29(35-28(22)23)21-12-7-8-13-25(21)32/h4-8,10-13,16-17,26,33H,2-3,9,14-15,18H2,1H3. The highest BCUT2D eigenvalue weighted by atomic mass is 35.5. The molecule has 1 atom stereocenters. The van der Waals surface area contributed by atoms with E-state index in [1.807, 2.05) is 24.4 Å². The first-order valence-electron chi connectivity index (χ1n) is 12.5. The zero-order chi connectivity index (χ0) is 25.9. The van der Waals surface area contributed by atoms with Gasteiger partial charge in [0.05, 0.1) is 22.3 Å². The first kappa shape index (κ1) is 25.1. The van der Waals surface area contributed by atoms with E-state index >= 15 is 0 Å². The second-order valence-electron chi connectivity index (χ2n) is 9.16. The summed E-state index contributed by atoms with van der Waals surface area (Å²) in [4.78, 5) is 24.3. The lowest BCUT2D eigenvalue weighted by atomic mass is 9.95. The molecule has 3 heterocycles. The van der Waals surface area contributed by atoms with Crippen molar-refractivity contribution in [2.75, 3.05) is 24.5 Å². The van der Waals surface area contributed by atoms with E-state index in [1.54, 1.807) is 18.2 Å². The first-order valence-corrected chi connectivity index (χ1v) is 12.9. The maximum Gasteiger partial charge on any atom is 0.173 e. The van der Waals surface area contributed by atoms with Crippen molar-refractivity contribution in [3.8, 4) is 22.4 Å². The first-order chi connectivity index (χ1) is 18.0. The van der Waals surface area contributed by atoms with E-state index in [0.29, 0.717) is 47.2 Å². The Morgan fingerprint density at radius 2 is 1.95 bits per heavy atom. The number of nitrogens with zero attached hydrogens (tertiary/aromatic N) is 3. The molecule has 1 aliphatic rings. The molecule has 2 aromatic heterocycles. The molecule has 7 heteroatoms. The van der Waals surface area contributed by atoms with Crippen molar-refractivity contribution in [2.45, 2.75) is 25.8 Å². The molecule has 4 aromatic rings. The lowest BCUT2D eigenvalue weighted by Gasteiger charge is -2.34. The quantitative estimate of drug-likeness (QED) is 0.296. The van der Waals surface area contributed by atoms with Gasteiger partial charge in [-0.1, -0.05) is 67.9 Å². The minimum absolute atomic E-state index is 0.0582. The van der Waals surface area contributed by atoms with Gasteiger partial charge in [-0.3, -0.25) is 4.79 Å². The van der Waals surface area contributed by atoms with Gasteiger partial charge in [0.15, 0.2) is 5.78 Å². The van der Waals surface area contributed by atoms with Crippen molar-refractivity contribution in [1.29, 1.82) is 0 Å². The number of ketones is 1. The molecule has 1 saturated heterocycles. The van der Waals surface area contributed by atoms with Crippen molar-refractivity contribution in [1.82, 2.24) is 15.3 Å². The van der Waals surface area contributed by atoms with Crippen LogP contribution in [0, 0.1) is 5.82 Å². The molecular weight excluding hydrogens is 487 g/mol. The van der Waals surface area contributed by atoms with Crippen LogP contribution in [-0.2, 0) is 11.2 Å². The van der Waals surface area contributed by atoms with E-state index < -0.39 is 0 Å². The fourth-order valence-corrected chi connectivity index (χ4v) is 5.21. The topological polar surface area (TPSA) is 58.1 Å². The number of nitrogens with one attached hydrogen (secondary N) is 1. The number of fused-ring (bicyclic) bond motifs is 1. The summed E-state index contributed by atoms with van der Waals surface area (Å²) in [6, 6.07) is 16.2. The van der Waals surface area contributed by atoms with Crippen molar-refractivity contribution >= 4 is 34.1 Å². The number of aromatic nitrogens is 2. The van der Waals surface area contributed by atoms with Crippen LogP contribution in [0.15, 0.2) is 73.4 Å². The summed E-state index contributed by atoms with van der Waals surface area (Å²) in [6.45, 7) is 7.52. The Balaban J connectivity index is 1.74. The zero-order valence-corrected chi connectivity index (χ0v) is 21.4. The maximum absolute atomic E-state index is 14.8. The van der Waals surface area contributed by atoms with E-state index in [9.17, 15) is 9.18 Å². The Hall–Kier alpha value is -3.61. The van der Waals surface area contributed by atoms with Gasteiger partial charge in [-0.15, -0.1) is 0 Å². The second-order valence-corrected chi connectivity index (χ2v) is 9.56. The number of rotatable bonds is 7. The Morgan fingerprint density at radius 1 is 1.19 bits per heavy atom. The molecule has 1 unspecified atom stereocenters. The van der Waals surface area contributed by atoms with Crippen LogP contribution in [0.25, 0.3) is 33.3 Å². The van der Waals surface area contributed by atoms with Crippen molar-refractivity contribution in [2.24, 2.45) is 0 Å². The molecule has 37 heavy (non-hydrogen) atoms. The molecule has 0 aliphatic carbocycles. The van der Waals surface area contributed by atoms with Crippen LogP contribution in [-0.4, -0.2) is 41.4 Å². The van der Waals surface area contributed by atoms with Crippen LogP contribution in [0.2, 0.25) is 5.02 Å². The number of anilines is 1. The molecule has 0 bridgehead atoms. The number of carbonyl (C=O) groups is 1. The lowest BCUT2D eigenvalue weighted by Crippen LogP contribution is -2.54. The van der Waals surface area contributed by atoms with Gasteiger partial charge in [-0.05, 0) is 41.8 Å². The summed E-state index contributed by atoms with van der Waals surface area (Å²) in [6.07, 6.45) is 5.10. The van der Waals surface area contributed by atoms with Gasteiger partial charge >= 0.3 is 0 Å². The van der Waals surface area contributed by atoms with Gasteiger partial charge in [0.1, 0.15) is 11.6 Å². The lowest BCUT2D eigenvalue weighted by molar-refractivity contribution is -0.116. The molecule has 1 aliphatic heterocycles. The highest BCUT2D eigenvalue weighted by molar-refractivity contribution is 6.34. The predicted molar refractivity (Wildman–Crippen MR) is 149 cm³/mol. The summed E-state index contributed by atoms with van der Waals surface area (Å²) in [7, 11) is 0. The fourth-order valence-electron chi connectivity index (χ4n) is 4.96. The van der Waals surface area contributed by atoms with Gasteiger partial charge in [0, 0.05) is 42.3 Å². The molecule has 0 radical (unpaired) electrons. The molecule has 1 fully saturated rings. The van der Waals surface area contributed by atoms with Crippen LogP contribution >= 0.6 is 11.6 Å². The van der Waals surface area contributed by atoms with Gasteiger partial charge in [-0.2, -0.15) is 0 Å². The van der Waals surface area contributed by atoms with Crippen LogP contribution in [0.3, 0.4) is 0 Å². The zero-order valence-electron chi connectivity index (χ0n) is 20.7. The Kier molecular flexibility index (Phi) is 7.31. The Morgan fingerprint density at radius 3 is 2.70 bits per heavy atom. The van der Waals surface area contributed by atoms with Crippen molar-refractivity contribution in [3.63, 3.8) is 0 Å². The highest BCUT2D eigenvalue weighted by Crippen LogP contribution is 2.39. The molecule has 0 saturated carbocycles. The van der Waals surface area contributed by atoms with Crippen LogP contribution in [0.1, 0.15) is 18.9 Å². The Bertz CT molecular complexity index is 1490. The average Bonchev–Trinajstić information content (AvgIpc) is 2.93. The van der Waals surface area contributed by atoms with E-state index in [-0.39, 0.29) is 17.6 Å². The maximum atomic E-state index is 14.8. The summed E-state index contributed by atoms with van der Waals surface area (Å²) in [5, 5.41) is 4.36. The van der Waals surface area contributed by atoms with E-state index in [2.05, 4.69) is 35.9 Å². The van der Waals surface area contributed by atoms with Gasteiger partial charge in [-0.25, -0.2) is 14.4 Å². The number of hydrogen-bond acceptors (Lipinski definition) is 5. The molecule has 2 aromatic carbocycles. The minimum atomic E-state index is -0.383. The normalized spacial score (nSPS) is 15.6. The van der Waals surface area contributed by atoms with Crippen LogP contribution in [0.5, 0.6) is 0 Å². The number of pyridine rings is 2. The van der Waals surface area contributed by atoms with Crippen LogP contribution in [0.4, 0.5) is 10.2 Å². The van der Waals surface area contributed by atoms with Gasteiger partial charge in [0.25, 0.3) is 0 Å². The molecule has 5 rings (SSSR count). The van der Waals surface area contributed by atoms with Gasteiger partial charge in [0.2, 0.25) is 0 Å². The van der Waals surface area contributed by atoms with E-state index in [1.165, 1.54) is 17.7 Å². The average molecular weight is 515 g/mol. The van der Waals surface area contributed by atoms with Crippen molar-refractivity contribution in [3.05, 3.63) is 89.9 Å². The molecule has 0 spiro atoms. The SMILES string of the molecule is C=CC(=O)C1CN(c2ncc(-c3ccccc3CCC)c3nc(-c4ccccc4F)c(Cl)cc23)CCN1. The summed E-state index contributed by atoms with van der Waals surface area (Å²) in [5.41, 5.74) is 4.54. The number of halogens is 2. The molecule has 1 N–H and O–H groups in total. The Labute approximate surface area is 221 Å². The molecule has 5 nitrogen and oxygen atoms in total. The third-order valence-electron chi connectivity index (χ3n) is 6.76. The third kappa shape index (κ3) is 4.87. The number of benzene rings is 2. The number of carbonyl (C=O) groups excluding carboxylic acids is 1. The van der Waals surface area contributed by atoms with Crippen LogP contribution < -0.4 is 10.2 Å². The highest BCUT2D eigenvalue weighted by Gasteiger charge is 2.27. The summed E-state index contributed by atoms with van der Waals surface area (Å²) >= 11 is 6.75. The number of aryl methyl sites for hydroxylation is 1. The monoisotopic (exact) mass is 514 g/mol. The second kappa shape index (κ2) is 10.8. The smallest absolute Gasteiger partial charge is 0.173 e. The number of hydrogen-bond donors (Lipinski definition) is 1. The molecular formula is C30H28ClFN4O. The fraction of sp³-hybridized carbons (Fsp3) is 0.233. The number of piperazine rings is 1. The third-order valence-corrected chi connectivity index (χ3v) is 7.05. The molecule has 0 amide bonds. The largest absolute Gasteiger partial charge is 0.353 e. The van der Waals surface area contributed by atoms with E-state index in [4.69, 9.17) is 21.6 Å². The summed E-state index contributed by atoms with van der Waals surface area (Å²) in [5.74, 6) is 0.257. The minimum Gasteiger partial charge on any atom is -0.353 e. The van der Waals surface area contributed by atoms with E-state index in [0.717, 1.165) is 29.4 Å². The van der Waals surface area contributed by atoms with Gasteiger partial charge < -0.3 is 10.2 Å². The summed E-state index contributed by atoms with van der Waals surface area (Å²) < 4.78 is 14.8.